The fraction of sp³-hybridized carbons (Fsp3) is 0.667. The molecular formula is C24H38N2O7Si. The zero-order valence-corrected chi connectivity index (χ0v) is 22.4. The number of nitro groups is 1. The number of nitrogens with zero attached hydrogens (tertiary/aromatic N) is 2. The number of piperidine rings is 1. The molecular weight excluding hydrogens is 456 g/mol. The minimum absolute atomic E-state index is 0.0275. The molecule has 1 heterocycles. The molecule has 0 bridgehead atoms. The van der Waals surface area contributed by atoms with Crippen LogP contribution in [0.5, 0.6) is 11.5 Å². The van der Waals surface area contributed by atoms with E-state index < -0.39 is 25.2 Å². The Morgan fingerprint density at radius 3 is 2.50 bits per heavy atom. The molecule has 1 aliphatic heterocycles. The molecule has 1 aliphatic rings. The van der Waals surface area contributed by atoms with Gasteiger partial charge in [0.1, 0.15) is 11.3 Å². The van der Waals surface area contributed by atoms with Crippen molar-refractivity contribution in [2.75, 3.05) is 26.9 Å². The van der Waals surface area contributed by atoms with Crippen LogP contribution in [-0.4, -0.2) is 62.7 Å². The van der Waals surface area contributed by atoms with Gasteiger partial charge in [0.05, 0.1) is 37.4 Å². The van der Waals surface area contributed by atoms with Gasteiger partial charge in [-0.2, -0.15) is 0 Å². The molecule has 2 rings (SSSR count). The summed E-state index contributed by atoms with van der Waals surface area (Å²) < 4.78 is 17.3. The van der Waals surface area contributed by atoms with Crippen LogP contribution in [0.25, 0.3) is 0 Å². The van der Waals surface area contributed by atoms with Gasteiger partial charge >= 0.3 is 0 Å². The van der Waals surface area contributed by atoms with Crippen molar-refractivity contribution in [3.8, 4) is 11.5 Å². The zero-order valence-electron chi connectivity index (χ0n) is 21.4. The summed E-state index contributed by atoms with van der Waals surface area (Å²) in [4.78, 5) is 38.6. The minimum atomic E-state index is -2.12. The number of ether oxygens (including phenoxy) is 2. The molecule has 1 amide bonds. The predicted octanol–water partition coefficient (Wildman–Crippen LogP) is 4.98. The van der Waals surface area contributed by atoms with E-state index in [2.05, 4.69) is 33.9 Å². The molecule has 0 saturated carbocycles. The Morgan fingerprint density at radius 1 is 1.26 bits per heavy atom. The quantitative estimate of drug-likeness (QED) is 0.195. The third-order valence-corrected chi connectivity index (χ3v) is 11.2. The Labute approximate surface area is 203 Å². The maximum Gasteiger partial charge on any atom is 0.286 e. The molecule has 1 aromatic carbocycles. The van der Waals surface area contributed by atoms with Crippen molar-refractivity contribution in [2.24, 2.45) is 0 Å². The van der Waals surface area contributed by atoms with Crippen molar-refractivity contribution in [2.45, 2.75) is 77.6 Å². The number of hydrogen-bond acceptors (Lipinski definition) is 7. The number of rotatable bonds is 10. The van der Waals surface area contributed by atoms with Crippen molar-refractivity contribution < 1.29 is 28.4 Å². The molecule has 34 heavy (non-hydrogen) atoms. The van der Waals surface area contributed by atoms with Crippen molar-refractivity contribution in [3.63, 3.8) is 0 Å². The summed E-state index contributed by atoms with van der Waals surface area (Å²) in [5.41, 5.74) is -0.436. The van der Waals surface area contributed by atoms with Crippen LogP contribution in [0.3, 0.4) is 0 Å². The summed E-state index contributed by atoms with van der Waals surface area (Å²) in [5, 5.41) is 11.8. The normalized spacial score (nSPS) is 17.0. The highest BCUT2D eigenvalue weighted by Crippen LogP contribution is 2.38. The average Bonchev–Trinajstić information content (AvgIpc) is 2.76. The van der Waals surface area contributed by atoms with E-state index in [-0.39, 0.29) is 59.6 Å². The average molecular weight is 495 g/mol. The molecule has 1 atom stereocenters. The van der Waals surface area contributed by atoms with Crippen molar-refractivity contribution in [1.29, 1.82) is 0 Å². The lowest BCUT2D eigenvalue weighted by Crippen LogP contribution is -2.51. The third-order valence-electron chi connectivity index (χ3n) is 6.70. The highest BCUT2D eigenvalue weighted by Gasteiger charge is 2.40. The second kappa shape index (κ2) is 11.3. The smallest absolute Gasteiger partial charge is 0.286 e. The Kier molecular flexibility index (Phi) is 9.24. The number of carbonyl (C=O) groups excluding carboxylic acids is 2. The van der Waals surface area contributed by atoms with E-state index in [0.29, 0.717) is 6.61 Å². The van der Waals surface area contributed by atoms with E-state index in [0.717, 1.165) is 12.8 Å². The first-order chi connectivity index (χ1) is 15.8. The van der Waals surface area contributed by atoms with E-state index in [1.165, 1.54) is 24.1 Å². The van der Waals surface area contributed by atoms with Gasteiger partial charge in [-0.3, -0.25) is 19.7 Å². The lowest BCUT2D eigenvalue weighted by atomic mass is 9.99. The van der Waals surface area contributed by atoms with E-state index in [1.807, 2.05) is 6.92 Å². The van der Waals surface area contributed by atoms with Crippen LogP contribution in [0.2, 0.25) is 18.1 Å². The summed E-state index contributed by atoms with van der Waals surface area (Å²) >= 11 is 0. The fourth-order valence-electron chi connectivity index (χ4n) is 3.47. The first-order valence-corrected chi connectivity index (χ1v) is 14.7. The van der Waals surface area contributed by atoms with Gasteiger partial charge < -0.3 is 18.8 Å². The van der Waals surface area contributed by atoms with Gasteiger partial charge in [0.2, 0.25) is 0 Å². The lowest BCUT2D eigenvalue weighted by molar-refractivity contribution is -0.385. The number of ketones is 1. The second-order valence-corrected chi connectivity index (χ2v) is 15.0. The van der Waals surface area contributed by atoms with Gasteiger partial charge in [-0.1, -0.05) is 34.1 Å². The Morgan fingerprint density at radius 2 is 1.94 bits per heavy atom. The molecule has 1 saturated heterocycles. The van der Waals surface area contributed by atoms with Gasteiger partial charge in [-0.25, -0.2) is 0 Å². The molecule has 0 aromatic heterocycles. The largest absolute Gasteiger partial charge is 0.493 e. The molecule has 9 nitrogen and oxygen atoms in total. The molecule has 0 unspecified atom stereocenters. The van der Waals surface area contributed by atoms with Crippen LogP contribution in [-0.2, 0) is 9.22 Å². The van der Waals surface area contributed by atoms with Crippen molar-refractivity contribution in [1.82, 2.24) is 4.90 Å². The van der Waals surface area contributed by atoms with Crippen LogP contribution >= 0.6 is 0 Å². The van der Waals surface area contributed by atoms with E-state index in [9.17, 15) is 19.7 Å². The summed E-state index contributed by atoms with van der Waals surface area (Å²) in [5.74, 6) is 0.0270. The summed E-state index contributed by atoms with van der Waals surface area (Å²) in [6.07, 6.45) is 2.08. The van der Waals surface area contributed by atoms with Crippen molar-refractivity contribution >= 4 is 25.7 Å². The Balaban J connectivity index is 2.38. The predicted molar refractivity (Wildman–Crippen MR) is 132 cm³/mol. The number of unbranched alkanes of at least 4 members (excludes halogenated alkanes) is 1. The van der Waals surface area contributed by atoms with Gasteiger partial charge in [0.15, 0.2) is 19.8 Å². The first kappa shape index (κ1) is 27.8. The molecule has 0 aliphatic carbocycles. The van der Waals surface area contributed by atoms with Gasteiger partial charge in [-0.15, -0.1) is 0 Å². The third kappa shape index (κ3) is 6.56. The van der Waals surface area contributed by atoms with Crippen LogP contribution in [0.4, 0.5) is 5.69 Å². The number of benzene rings is 1. The minimum Gasteiger partial charge on any atom is -0.493 e. The molecule has 10 heteroatoms. The van der Waals surface area contributed by atoms with E-state index >= 15 is 0 Å². The molecule has 0 radical (unpaired) electrons. The van der Waals surface area contributed by atoms with Gasteiger partial charge in [-0.05, 0) is 24.6 Å². The number of hydrogen-bond donors (Lipinski definition) is 0. The highest BCUT2D eigenvalue weighted by atomic mass is 28.4. The maximum atomic E-state index is 13.6. The van der Waals surface area contributed by atoms with Crippen LogP contribution in [0.15, 0.2) is 12.1 Å². The maximum absolute atomic E-state index is 13.6. The number of Topliss-reactive ketones (excluding diaryl/α,β-unsaturated/α-hetero) is 1. The number of amides is 1. The Bertz CT molecular complexity index is 911. The summed E-state index contributed by atoms with van der Waals surface area (Å²) in [6.45, 7) is 13.4. The van der Waals surface area contributed by atoms with Gasteiger partial charge in [0, 0.05) is 25.5 Å². The fourth-order valence-corrected chi connectivity index (χ4v) is 4.51. The molecule has 1 fully saturated rings. The second-order valence-electron chi connectivity index (χ2n) is 10.2. The van der Waals surface area contributed by atoms with Crippen molar-refractivity contribution in [3.05, 3.63) is 27.8 Å². The highest BCUT2D eigenvalue weighted by molar-refractivity contribution is 6.74. The molecule has 0 spiro atoms. The van der Waals surface area contributed by atoms with Crippen LogP contribution < -0.4 is 9.47 Å². The van der Waals surface area contributed by atoms with Crippen LogP contribution in [0, 0.1) is 10.1 Å². The zero-order chi connectivity index (χ0) is 25.7. The lowest BCUT2D eigenvalue weighted by Gasteiger charge is -2.40. The number of nitro benzene ring substituents is 1. The van der Waals surface area contributed by atoms with E-state index in [4.69, 9.17) is 13.9 Å². The van der Waals surface area contributed by atoms with E-state index in [1.54, 1.807) is 0 Å². The number of carbonyl (C=O) groups is 2. The van der Waals surface area contributed by atoms with Crippen LogP contribution in [0.1, 0.15) is 63.7 Å². The topological polar surface area (TPSA) is 108 Å². The number of likely N-dealkylation sites (tertiary alicyclic amines) is 1. The van der Waals surface area contributed by atoms with Gasteiger partial charge in [0.25, 0.3) is 11.6 Å². The standard InChI is InChI=1S/C24H38N2O7Si/c1-8-9-12-32-22-15-20(26(29)30)19(14-21(22)31-5)23(28)25-11-10-18(27)13-17(25)16-33-34(6,7)24(2,3)4/h14-15,17H,8-13,16H2,1-7H3/t17-/m0/s1. The Hall–Kier alpha value is -2.46. The number of methoxy groups -OCH3 is 1. The monoisotopic (exact) mass is 494 g/mol. The SMILES string of the molecule is CCCCOc1cc([N+](=O)[O-])c(C(=O)N2CCC(=O)C[C@H]2CO[Si](C)(C)C(C)(C)C)cc1OC. The summed E-state index contributed by atoms with van der Waals surface area (Å²) in [7, 11) is -0.688. The summed E-state index contributed by atoms with van der Waals surface area (Å²) in [6, 6.07) is 2.14. The first-order valence-electron chi connectivity index (χ1n) is 11.8. The molecule has 1 aromatic rings. The molecule has 0 N–H and O–H groups in total. The molecule has 190 valence electrons.